The predicted molar refractivity (Wildman–Crippen MR) is 77.5 cm³/mol. The highest BCUT2D eigenvalue weighted by Crippen LogP contribution is 2.19. The van der Waals surface area contributed by atoms with E-state index in [2.05, 4.69) is 19.9 Å². The molecular formula is C15H10N4O. The van der Waals surface area contributed by atoms with E-state index in [1.54, 1.807) is 12.4 Å². The summed E-state index contributed by atoms with van der Waals surface area (Å²) in [7, 11) is 0. The van der Waals surface area contributed by atoms with Crippen LogP contribution >= 0.6 is 0 Å². The van der Waals surface area contributed by atoms with Crippen LogP contribution in [0.5, 0.6) is 0 Å². The van der Waals surface area contributed by atoms with Gasteiger partial charge < -0.3 is 9.97 Å². The van der Waals surface area contributed by atoms with E-state index < -0.39 is 0 Å². The molecule has 0 unspecified atom stereocenters. The van der Waals surface area contributed by atoms with Crippen molar-refractivity contribution in [3.8, 4) is 11.4 Å². The van der Waals surface area contributed by atoms with Gasteiger partial charge in [-0.3, -0.25) is 9.78 Å². The second-order valence-electron chi connectivity index (χ2n) is 4.58. The first-order valence-corrected chi connectivity index (χ1v) is 6.23. The highest BCUT2D eigenvalue weighted by Gasteiger charge is 2.10. The SMILES string of the molecule is O=c1[nH]c2cnccc2cc1-c1nc2ccccc2[nH]1. The predicted octanol–water partition coefficient (Wildman–Crippen LogP) is 2.47. The third kappa shape index (κ3) is 1.60. The zero-order valence-corrected chi connectivity index (χ0v) is 10.4. The molecule has 0 bridgehead atoms. The van der Waals surface area contributed by atoms with E-state index in [0.29, 0.717) is 11.4 Å². The van der Waals surface area contributed by atoms with Crippen LogP contribution in [0, 0.1) is 0 Å². The van der Waals surface area contributed by atoms with E-state index in [9.17, 15) is 4.79 Å². The summed E-state index contributed by atoms with van der Waals surface area (Å²) in [6.07, 6.45) is 3.34. The first kappa shape index (κ1) is 10.9. The molecule has 4 rings (SSSR count). The molecule has 0 aliphatic carbocycles. The normalized spacial score (nSPS) is 11.2. The first-order valence-electron chi connectivity index (χ1n) is 6.23. The highest BCUT2D eigenvalue weighted by atomic mass is 16.1. The van der Waals surface area contributed by atoms with Crippen molar-refractivity contribution < 1.29 is 0 Å². The van der Waals surface area contributed by atoms with E-state index in [4.69, 9.17) is 0 Å². The Bertz CT molecular complexity index is 951. The minimum atomic E-state index is -0.176. The van der Waals surface area contributed by atoms with Crippen LogP contribution in [-0.2, 0) is 0 Å². The molecule has 20 heavy (non-hydrogen) atoms. The highest BCUT2D eigenvalue weighted by molar-refractivity contribution is 5.84. The van der Waals surface area contributed by atoms with Gasteiger partial charge in [0.05, 0.1) is 28.3 Å². The van der Waals surface area contributed by atoms with Crippen molar-refractivity contribution in [3.05, 3.63) is 59.1 Å². The molecule has 0 saturated carbocycles. The quantitative estimate of drug-likeness (QED) is 0.553. The average molecular weight is 262 g/mol. The molecule has 0 fully saturated rings. The van der Waals surface area contributed by atoms with Gasteiger partial charge >= 0.3 is 0 Å². The van der Waals surface area contributed by atoms with Gasteiger partial charge in [0.1, 0.15) is 5.82 Å². The van der Waals surface area contributed by atoms with Crippen molar-refractivity contribution in [1.29, 1.82) is 0 Å². The van der Waals surface area contributed by atoms with Crippen molar-refractivity contribution >= 4 is 21.9 Å². The Labute approximate surface area is 113 Å². The fourth-order valence-corrected chi connectivity index (χ4v) is 2.30. The molecule has 4 aromatic rings. The molecule has 0 spiro atoms. The molecule has 0 aliphatic rings. The van der Waals surface area contributed by atoms with Gasteiger partial charge in [0.2, 0.25) is 0 Å². The van der Waals surface area contributed by atoms with Crippen LogP contribution in [0.3, 0.4) is 0 Å². The maximum atomic E-state index is 12.2. The zero-order valence-electron chi connectivity index (χ0n) is 10.4. The summed E-state index contributed by atoms with van der Waals surface area (Å²) in [5.41, 5.74) is 2.83. The molecule has 3 aromatic heterocycles. The number of nitrogens with zero attached hydrogens (tertiary/aromatic N) is 2. The molecular weight excluding hydrogens is 252 g/mol. The van der Waals surface area contributed by atoms with Gasteiger partial charge in [0.15, 0.2) is 0 Å². The maximum Gasteiger partial charge on any atom is 0.259 e. The number of pyridine rings is 2. The number of hydrogen-bond acceptors (Lipinski definition) is 3. The monoisotopic (exact) mass is 262 g/mol. The summed E-state index contributed by atoms with van der Waals surface area (Å²) in [4.78, 5) is 26.6. The molecule has 3 heterocycles. The largest absolute Gasteiger partial charge is 0.338 e. The lowest BCUT2D eigenvalue weighted by Crippen LogP contribution is -2.09. The number of para-hydroxylation sites is 2. The second kappa shape index (κ2) is 4.03. The number of fused-ring (bicyclic) bond motifs is 2. The van der Waals surface area contributed by atoms with Crippen LogP contribution in [0.25, 0.3) is 33.3 Å². The third-order valence-corrected chi connectivity index (χ3v) is 3.29. The molecule has 0 saturated heterocycles. The number of rotatable bonds is 1. The van der Waals surface area contributed by atoms with Gasteiger partial charge in [-0.2, -0.15) is 0 Å². The van der Waals surface area contributed by atoms with E-state index >= 15 is 0 Å². The van der Waals surface area contributed by atoms with E-state index in [1.165, 1.54) is 0 Å². The topological polar surface area (TPSA) is 74.4 Å². The average Bonchev–Trinajstić information content (AvgIpc) is 2.90. The lowest BCUT2D eigenvalue weighted by molar-refractivity contribution is 1.23. The second-order valence-corrected chi connectivity index (χ2v) is 4.58. The number of H-pyrrole nitrogens is 2. The Morgan fingerprint density at radius 2 is 1.90 bits per heavy atom. The van der Waals surface area contributed by atoms with Crippen LogP contribution in [0.1, 0.15) is 0 Å². The van der Waals surface area contributed by atoms with Gasteiger partial charge in [-0.1, -0.05) is 12.1 Å². The van der Waals surface area contributed by atoms with Crippen LogP contribution < -0.4 is 5.56 Å². The van der Waals surface area contributed by atoms with Crippen molar-refractivity contribution in [2.24, 2.45) is 0 Å². The van der Waals surface area contributed by atoms with Crippen LogP contribution in [0.2, 0.25) is 0 Å². The number of benzene rings is 1. The summed E-state index contributed by atoms with van der Waals surface area (Å²) < 4.78 is 0. The molecule has 0 radical (unpaired) electrons. The lowest BCUT2D eigenvalue weighted by atomic mass is 10.2. The van der Waals surface area contributed by atoms with Crippen molar-refractivity contribution in [2.75, 3.05) is 0 Å². The van der Waals surface area contributed by atoms with Crippen molar-refractivity contribution in [3.63, 3.8) is 0 Å². The molecule has 96 valence electrons. The number of aromatic nitrogens is 4. The summed E-state index contributed by atoms with van der Waals surface area (Å²) >= 11 is 0. The Kier molecular flexibility index (Phi) is 2.20. The number of hydrogen-bond donors (Lipinski definition) is 2. The first-order chi connectivity index (χ1) is 9.81. The Balaban J connectivity index is 2.01. The van der Waals surface area contributed by atoms with Crippen molar-refractivity contribution in [2.45, 2.75) is 0 Å². The van der Waals surface area contributed by atoms with Gasteiger partial charge in [0.25, 0.3) is 5.56 Å². The van der Waals surface area contributed by atoms with Gasteiger partial charge in [-0.15, -0.1) is 0 Å². The molecule has 1 aromatic carbocycles. The van der Waals surface area contributed by atoms with E-state index in [0.717, 1.165) is 21.9 Å². The van der Waals surface area contributed by atoms with E-state index in [-0.39, 0.29) is 5.56 Å². The Morgan fingerprint density at radius 1 is 1.00 bits per heavy atom. The van der Waals surface area contributed by atoms with Crippen molar-refractivity contribution in [1.82, 2.24) is 19.9 Å². The molecule has 2 N–H and O–H groups in total. The fraction of sp³-hybridized carbons (Fsp3) is 0. The van der Waals surface area contributed by atoms with Crippen LogP contribution in [0.4, 0.5) is 0 Å². The number of aromatic amines is 2. The van der Waals surface area contributed by atoms with Crippen LogP contribution in [-0.4, -0.2) is 19.9 Å². The van der Waals surface area contributed by atoms with Crippen LogP contribution in [0.15, 0.2) is 53.6 Å². The lowest BCUT2D eigenvalue weighted by Gasteiger charge is -1.99. The Morgan fingerprint density at radius 3 is 2.80 bits per heavy atom. The fourth-order valence-electron chi connectivity index (χ4n) is 2.30. The molecule has 5 nitrogen and oxygen atoms in total. The minimum Gasteiger partial charge on any atom is -0.338 e. The third-order valence-electron chi connectivity index (χ3n) is 3.29. The standard InChI is InChI=1S/C15H10N4O/c20-15-10(7-9-5-6-16-8-13(9)19-15)14-17-11-3-1-2-4-12(11)18-14/h1-8H,(H,17,18)(H,19,20). The molecule has 5 heteroatoms. The summed E-state index contributed by atoms with van der Waals surface area (Å²) in [5, 5.41) is 0.926. The number of nitrogens with one attached hydrogen (secondary N) is 2. The summed E-state index contributed by atoms with van der Waals surface area (Å²) in [5.74, 6) is 0.575. The zero-order chi connectivity index (χ0) is 13.5. The molecule has 0 atom stereocenters. The maximum absolute atomic E-state index is 12.2. The van der Waals surface area contributed by atoms with Gasteiger partial charge in [-0.25, -0.2) is 4.98 Å². The molecule has 0 aliphatic heterocycles. The van der Waals surface area contributed by atoms with Gasteiger partial charge in [-0.05, 0) is 24.3 Å². The number of imidazole rings is 1. The minimum absolute atomic E-state index is 0.176. The summed E-state index contributed by atoms with van der Waals surface area (Å²) in [6, 6.07) is 11.4. The Hall–Kier alpha value is -2.95. The smallest absolute Gasteiger partial charge is 0.259 e. The summed E-state index contributed by atoms with van der Waals surface area (Å²) in [6.45, 7) is 0. The molecule has 0 amide bonds. The van der Waals surface area contributed by atoms with Gasteiger partial charge in [0, 0.05) is 11.6 Å². The van der Waals surface area contributed by atoms with E-state index in [1.807, 2.05) is 36.4 Å².